The normalized spacial score (nSPS) is 26.2. The molecule has 90 valence electrons. The minimum absolute atomic E-state index is 0.163. The molecule has 0 spiro atoms. The summed E-state index contributed by atoms with van der Waals surface area (Å²) in [6.45, 7) is 1.05. The topological polar surface area (TPSA) is 57.6 Å². The molecule has 0 bridgehead atoms. The maximum atomic E-state index is 11.9. The van der Waals surface area contributed by atoms with E-state index in [9.17, 15) is 9.59 Å². The molecule has 2 aliphatic rings. The van der Waals surface area contributed by atoms with Crippen LogP contribution in [-0.4, -0.2) is 35.0 Å². The van der Waals surface area contributed by atoms with Gasteiger partial charge in [-0.2, -0.15) is 0 Å². The summed E-state index contributed by atoms with van der Waals surface area (Å²) in [6.07, 6.45) is 6.08. The summed E-state index contributed by atoms with van der Waals surface area (Å²) < 4.78 is 0. The fourth-order valence-electron chi connectivity index (χ4n) is 2.78. The summed E-state index contributed by atoms with van der Waals surface area (Å²) in [5.41, 5.74) is 0. The van der Waals surface area contributed by atoms with Crippen LogP contribution in [0.25, 0.3) is 0 Å². The molecule has 4 heteroatoms. The number of nitrogens with zero attached hydrogens (tertiary/aromatic N) is 1. The highest BCUT2D eigenvalue weighted by atomic mass is 16.4. The minimum Gasteiger partial charge on any atom is -0.481 e. The molecule has 16 heavy (non-hydrogen) atoms. The Morgan fingerprint density at radius 2 is 1.88 bits per heavy atom. The number of carboxylic acid groups (broad SMARTS) is 1. The summed E-state index contributed by atoms with van der Waals surface area (Å²) >= 11 is 0. The second-order valence-corrected chi connectivity index (χ2v) is 5.02. The first kappa shape index (κ1) is 11.4. The van der Waals surface area contributed by atoms with Crippen LogP contribution in [0.2, 0.25) is 0 Å². The van der Waals surface area contributed by atoms with Gasteiger partial charge in [0.1, 0.15) is 0 Å². The number of carbonyl (C=O) groups excluding carboxylic acids is 1. The summed E-state index contributed by atoms with van der Waals surface area (Å²) in [4.78, 5) is 24.4. The predicted molar refractivity (Wildman–Crippen MR) is 58.9 cm³/mol. The van der Waals surface area contributed by atoms with Gasteiger partial charge in [-0.25, -0.2) is 0 Å². The standard InChI is InChI=1S/C12H19NO3/c14-11(7-9-3-1-2-4-9)13-6-5-10(8-13)12(15)16/h9-10H,1-8H2,(H,15,16). The molecule has 1 unspecified atom stereocenters. The number of hydrogen-bond acceptors (Lipinski definition) is 2. The lowest BCUT2D eigenvalue weighted by molar-refractivity contribution is -0.141. The van der Waals surface area contributed by atoms with Crippen LogP contribution >= 0.6 is 0 Å². The van der Waals surface area contributed by atoms with Crippen LogP contribution in [0.1, 0.15) is 38.5 Å². The second kappa shape index (κ2) is 4.85. The van der Waals surface area contributed by atoms with Crippen molar-refractivity contribution in [3.63, 3.8) is 0 Å². The van der Waals surface area contributed by atoms with Gasteiger partial charge in [0.05, 0.1) is 5.92 Å². The number of likely N-dealkylation sites (tertiary alicyclic amines) is 1. The minimum atomic E-state index is -0.767. The Kier molecular flexibility index (Phi) is 3.46. The molecule has 0 radical (unpaired) electrons. The molecule has 0 aromatic heterocycles. The third kappa shape index (κ3) is 2.54. The lowest BCUT2D eigenvalue weighted by Crippen LogP contribution is -2.30. The van der Waals surface area contributed by atoms with E-state index >= 15 is 0 Å². The highest BCUT2D eigenvalue weighted by Crippen LogP contribution is 2.29. The van der Waals surface area contributed by atoms with Gasteiger partial charge in [0, 0.05) is 19.5 Å². The molecule has 1 aliphatic carbocycles. The lowest BCUT2D eigenvalue weighted by Gasteiger charge is -2.18. The predicted octanol–water partition coefficient (Wildman–Crippen LogP) is 1.50. The highest BCUT2D eigenvalue weighted by Gasteiger charge is 2.31. The van der Waals surface area contributed by atoms with Gasteiger partial charge in [0.25, 0.3) is 0 Å². The first-order chi connectivity index (χ1) is 7.66. The molecule has 2 rings (SSSR count). The van der Waals surface area contributed by atoms with Crippen molar-refractivity contribution in [2.24, 2.45) is 11.8 Å². The van der Waals surface area contributed by atoms with E-state index in [0.717, 1.165) is 0 Å². The molecular weight excluding hydrogens is 206 g/mol. The first-order valence-corrected chi connectivity index (χ1v) is 6.17. The number of rotatable bonds is 3. The molecule has 1 saturated heterocycles. The van der Waals surface area contributed by atoms with Crippen molar-refractivity contribution in [3.05, 3.63) is 0 Å². The molecule has 1 heterocycles. The van der Waals surface area contributed by atoms with Gasteiger partial charge in [-0.1, -0.05) is 12.8 Å². The van der Waals surface area contributed by atoms with Gasteiger partial charge >= 0.3 is 5.97 Å². The van der Waals surface area contributed by atoms with Gasteiger partial charge in [0.15, 0.2) is 0 Å². The summed E-state index contributed by atoms with van der Waals surface area (Å²) in [5, 5.41) is 8.86. The Morgan fingerprint density at radius 3 is 2.44 bits per heavy atom. The summed E-state index contributed by atoms with van der Waals surface area (Å²) in [7, 11) is 0. The van der Waals surface area contributed by atoms with E-state index < -0.39 is 5.97 Å². The van der Waals surface area contributed by atoms with Crippen LogP contribution in [-0.2, 0) is 9.59 Å². The second-order valence-electron chi connectivity index (χ2n) is 5.02. The molecule has 2 fully saturated rings. The highest BCUT2D eigenvalue weighted by molar-refractivity contribution is 5.78. The molecule has 1 saturated carbocycles. The van der Waals surface area contributed by atoms with Crippen molar-refractivity contribution in [2.45, 2.75) is 38.5 Å². The Balaban J connectivity index is 1.79. The summed E-state index contributed by atoms with van der Waals surface area (Å²) in [5.74, 6) is -0.393. The number of hydrogen-bond donors (Lipinski definition) is 1. The van der Waals surface area contributed by atoms with Crippen molar-refractivity contribution in [2.75, 3.05) is 13.1 Å². The monoisotopic (exact) mass is 225 g/mol. The average molecular weight is 225 g/mol. The van der Waals surface area contributed by atoms with E-state index in [0.29, 0.717) is 31.8 Å². The molecule has 1 atom stereocenters. The molecule has 1 aliphatic heterocycles. The number of carbonyl (C=O) groups is 2. The number of amides is 1. The van der Waals surface area contributed by atoms with Crippen molar-refractivity contribution >= 4 is 11.9 Å². The molecular formula is C12H19NO3. The Morgan fingerprint density at radius 1 is 1.19 bits per heavy atom. The average Bonchev–Trinajstić information content (AvgIpc) is 2.86. The third-order valence-corrected chi connectivity index (χ3v) is 3.83. The van der Waals surface area contributed by atoms with E-state index in [1.807, 2.05) is 0 Å². The number of carboxylic acids is 1. The quantitative estimate of drug-likeness (QED) is 0.791. The zero-order valence-corrected chi connectivity index (χ0v) is 9.52. The van der Waals surface area contributed by atoms with Crippen LogP contribution in [0.4, 0.5) is 0 Å². The smallest absolute Gasteiger partial charge is 0.308 e. The van der Waals surface area contributed by atoms with Crippen LogP contribution in [0, 0.1) is 11.8 Å². The van der Waals surface area contributed by atoms with Crippen molar-refractivity contribution in [1.29, 1.82) is 0 Å². The fraction of sp³-hybridized carbons (Fsp3) is 0.833. The van der Waals surface area contributed by atoms with Gasteiger partial charge < -0.3 is 10.0 Å². The first-order valence-electron chi connectivity index (χ1n) is 6.17. The van der Waals surface area contributed by atoms with E-state index in [2.05, 4.69) is 0 Å². The van der Waals surface area contributed by atoms with Crippen molar-refractivity contribution < 1.29 is 14.7 Å². The van der Waals surface area contributed by atoms with Crippen molar-refractivity contribution in [1.82, 2.24) is 4.90 Å². The SMILES string of the molecule is O=C(O)C1CCN(C(=O)CC2CCCC2)C1. The molecule has 0 aromatic carbocycles. The molecule has 1 amide bonds. The maximum Gasteiger partial charge on any atom is 0.308 e. The van der Waals surface area contributed by atoms with E-state index in [1.165, 1.54) is 25.7 Å². The number of aliphatic carboxylic acids is 1. The maximum absolute atomic E-state index is 11.9. The van der Waals surface area contributed by atoms with E-state index in [4.69, 9.17) is 5.11 Å². The van der Waals surface area contributed by atoms with Gasteiger partial charge in [-0.15, -0.1) is 0 Å². The molecule has 4 nitrogen and oxygen atoms in total. The Hall–Kier alpha value is -1.06. The zero-order valence-electron chi connectivity index (χ0n) is 9.52. The van der Waals surface area contributed by atoms with Crippen LogP contribution in [0.15, 0.2) is 0 Å². The summed E-state index contributed by atoms with van der Waals surface area (Å²) in [6, 6.07) is 0. The van der Waals surface area contributed by atoms with Gasteiger partial charge in [-0.3, -0.25) is 9.59 Å². The van der Waals surface area contributed by atoms with Crippen LogP contribution in [0.5, 0.6) is 0 Å². The molecule has 1 N–H and O–H groups in total. The van der Waals surface area contributed by atoms with E-state index in [1.54, 1.807) is 4.90 Å². The zero-order chi connectivity index (χ0) is 11.5. The van der Waals surface area contributed by atoms with Gasteiger partial charge in [-0.05, 0) is 25.2 Å². The molecule has 0 aromatic rings. The van der Waals surface area contributed by atoms with Crippen LogP contribution < -0.4 is 0 Å². The van der Waals surface area contributed by atoms with Gasteiger partial charge in [0.2, 0.25) is 5.91 Å². The largest absolute Gasteiger partial charge is 0.481 e. The Bertz CT molecular complexity index is 284. The van der Waals surface area contributed by atoms with E-state index in [-0.39, 0.29) is 11.8 Å². The van der Waals surface area contributed by atoms with Crippen LogP contribution in [0.3, 0.4) is 0 Å². The van der Waals surface area contributed by atoms with Crippen molar-refractivity contribution in [3.8, 4) is 0 Å². The third-order valence-electron chi connectivity index (χ3n) is 3.83. The Labute approximate surface area is 95.6 Å². The lowest BCUT2D eigenvalue weighted by atomic mass is 10.0. The fourth-order valence-corrected chi connectivity index (χ4v) is 2.78.